The van der Waals surface area contributed by atoms with Crippen molar-refractivity contribution >= 4 is 5.97 Å². The smallest absolute Gasteiger partial charge is 0.303 e. The molecule has 0 bridgehead atoms. The third-order valence-electron chi connectivity index (χ3n) is 3.60. The number of hydrogen-bond donors (Lipinski definition) is 1. The largest absolute Gasteiger partial charge is 0.481 e. The molecule has 0 aliphatic carbocycles. The Balaban J connectivity index is 1.77. The van der Waals surface area contributed by atoms with Crippen LogP contribution in [0.1, 0.15) is 44.8 Å². The highest BCUT2D eigenvalue weighted by Gasteiger charge is 2.24. The molecule has 0 aromatic carbocycles. The van der Waals surface area contributed by atoms with E-state index >= 15 is 0 Å². The average Bonchev–Trinajstić information content (AvgIpc) is 2.96. The van der Waals surface area contributed by atoms with Crippen LogP contribution in [0.5, 0.6) is 0 Å². The van der Waals surface area contributed by atoms with Crippen molar-refractivity contribution in [1.29, 1.82) is 0 Å². The number of nitrogens with zero attached hydrogens (tertiary/aromatic N) is 3. The van der Waals surface area contributed by atoms with Gasteiger partial charge in [-0.1, -0.05) is 19.0 Å². The fourth-order valence-corrected chi connectivity index (χ4v) is 2.61. The first-order chi connectivity index (χ1) is 9.52. The van der Waals surface area contributed by atoms with Crippen molar-refractivity contribution in [2.45, 2.75) is 46.1 Å². The Labute approximate surface area is 119 Å². The summed E-state index contributed by atoms with van der Waals surface area (Å²) in [6, 6.07) is 0. The second kappa shape index (κ2) is 6.83. The van der Waals surface area contributed by atoms with E-state index in [1.54, 1.807) is 0 Å². The zero-order valence-electron chi connectivity index (χ0n) is 12.2. The Morgan fingerprint density at radius 2 is 2.35 bits per heavy atom. The van der Waals surface area contributed by atoms with Crippen molar-refractivity contribution < 1.29 is 14.4 Å². The number of carboxylic acids is 1. The van der Waals surface area contributed by atoms with E-state index in [4.69, 9.17) is 9.63 Å². The molecule has 0 spiro atoms. The standard InChI is InChI=1S/C14H23N3O3/c1-10(2)7-12-15-13(20-16-12)9-17-6-5-11(8-17)3-4-14(18)19/h10-11H,3-9H2,1-2H3,(H,18,19). The first kappa shape index (κ1) is 15.0. The molecule has 1 atom stereocenters. The van der Waals surface area contributed by atoms with E-state index in [0.29, 0.717) is 24.3 Å². The van der Waals surface area contributed by atoms with Gasteiger partial charge in [0.25, 0.3) is 0 Å². The van der Waals surface area contributed by atoms with E-state index in [1.165, 1.54) is 0 Å². The predicted octanol–water partition coefficient (Wildman–Crippen LogP) is 1.95. The van der Waals surface area contributed by atoms with E-state index in [-0.39, 0.29) is 6.42 Å². The summed E-state index contributed by atoms with van der Waals surface area (Å²) in [6.45, 7) is 6.84. The molecule has 6 nitrogen and oxygen atoms in total. The lowest BCUT2D eigenvalue weighted by Crippen LogP contribution is -2.20. The molecule has 0 amide bonds. The van der Waals surface area contributed by atoms with Crippen molar-refractivity contribution in [1.82, 2.24) is 15.0 Å². The lowest BCUT2D eigenvalue weighted by Gasteiger charge is -2.12. The topological polar surface area (TPSA) is 79.5 Å². The third-order valence-corrected chi connectivity index (χ3v) is 3.60. The van der Waals surface area contributed by atoms with Gasteiger partial charge in [0, 0.05) is 19.4 Å². The van der Waals surface area contributed by atoms with E-state index < -0.39 is 5.97 Å². The molecule has 112 valence electrons. The van der Waals surface area contributed by atoms with Gasteiger partial charge in [0.2, 0.25) is 5.89 Å². The molecule has 0 radical (unpaired) electrons. The Morgan fingerprint density at radius 1 is 1.55 bits per heavy atom. The van der Waals surface area contributed by atoms with Gasteiger partial charge >= 0.3 is 5.97 Å². The minimum atomic E-state index is -0.710. The zero-order valence-corrected chi connectivity index (χ0v) is 12.2. The van der Waals surface area contributed by atoms with Crippen LogP contribution in [0.4, 0.5) is 0 Å². The molecule has 6 heteroatoms. The fourth-order valence-electron chi connectivity index (χ4n) is 2.61. The van der Waals surface area contributed by atoms with Crippen LogP contribution in [-0.2, 0) is 17.8 Å². The average molecular weight is 281 g/mol. The van der Waals surface area contributed by atoms with Crippen molar-refractivity contribution in [3.8, 4) is 0 Å². The number of carboxylic acid groups (broad SMARTS) is 1. The van der Waals surface area contributed by atoms with Crippen molar-refractivity contribution in [2.75, 3.05) is 13.1 Å². The summed E-state index contributed by atoms with van der Waals surface area (Å²) in [5.41, 5.74) is 0. The van der Waals surface area contributed by atoms with Gasteiger partial charge < -0.3 is 9.63 Å². The lowest BCUT2D eigenvalue weighted by atomic mass is 10.0. The van der Waals surface area contributed by atoms with E-state index in [1.807, 2.05) is 0 Å². The van der Waals surface area contributed by atoms with Gasteiger partial charge in [0.05, 0.1) is 6.54 Å². The number of carbonyl (C=O) groups is 1. The quantitative estimate of drug-likeness (QED) is 0.823. The fraction of sp³-hybridized carbons (Fsp3) is 0.786. The second-order valence-electron chi connectivity index (χ2n) is 6.02. The molecule has 1 aliphatic rings. The van der Waals surface area contributed by atoms with E-state index in [2.05, 4.69) is 28.9 Å². The molecule has 0 saturated carbocycles. The number of likely N-dealkylation sites (tertiary alicyclic amines) is 1. The van der Waals surface area contributed by atoms with Crippen LogP contribution in [0.2, 0.25) is 0 Å². The van der Waals surface area contributed by atoms with Gasteiger partial charge in [0.15, 0.2) is 5.82 Å². The van der Waals surface area contributed by atoms with Gasteiger partial charge in [0.1, 0.15) is 0 Å². The molecule has 20 heavy (non-hydrogen) atoms. The molecule has 1 saturated heterocycles. The summed E-state index contributed by atoms with van der Waals surface area (Å²) in [4.78, 5) is 17.2. The molecule has 1 N–H and O–H groups in total. The summed E-state index contributed by atoms with van der Waals surface area (Å²) >= 11 is 0. The summed E-state index contributed by atoms with van der Waals surface area (Å²) in [6.07, 6.45) is 2.91. The monoisotopic (exact) mass is 281 g/mol. The van der Waals surface area contributed by atoms with Crippen LogP contribution in [-0.4, -0.2) is 39.2 Å². The molecule has 2 rings (SSSR count). The maximum Gasteiger partial charge on any atom is 0.303 e. The minimum absolute atomic E-state index is 0.262. The maximum absolute atomic E-state index is 10.6. The summed E-state index contributed by atoms with van der Waals surface area (Å²) < 4.78 is 5.26. The van der Waals surface area contributed by atoms with Crippen LogP contribution < -0.4 is 0 Å². The Bertz CT molecular complexity index is 445. The van der Waals surface area contributed by atoms with Crippen LogP contribution in [0.25, 0.3) is 0 Å². The lowest BCUT2D eigenvalue weighted by molar-refractivity contribution is -0.137. The normalized spacial score (nSPS) is 19.9. The van der Waals surface area contributed by atoms with E-state index in [0.717, 1.165) is 38.2 Å². The number of hydrogen-bond acceptors (Lipinski definition) is 5. The van der Waals surface area contributed by atoms with Crippen LogP contribution in [0.3, 0.4) is 0 Å². The molecule has 1 aromatic heterocycles. The molecule has 2 heterocycles. The zero-order chi connectivity index (χ0) is 14.5. The molecular formula is C14H23N3O3. The van der Waals surface area contributed by atoms with Gasteiger partial charge in [-0.05, 0) is 31.2 Å². The second-order valence-corrected chi connectivity index (χ2v) is 6.02. The van der Waals surface area contributed by atoms with Gasteiger partial charge in [-0.3, -0.25) is 9.69 Å². The van der Waals surface area contributed by atoms with Crippen molar-refractivity contribution in [3.05, 3.63) is 11.7 Å². The first-order valence-electron chi connectivity index (χ1n) is 7.28. The van der Waals surface area contributed by atoms with E-state index in [9.17, 15) is 4.79 Å². The minimum Gasteiger partial charge on any atom is -0.481 e. The highest BCUT2D eigenvalue weighted by Crippen LogP contribution is 2.22. The maximum atomic E-state index is 10.6. The Morgan fingerprint density at radius 3 is 3.05 bits per heavy atom. The van der Waals surface area contributed by atoms with Crippen LogP contribution in [0, 0.1) is 11.8 Å². The number of aliphatic carboxylic acids is 1. The summed E-state index contributed by atoms with van der Waals surface area (Å²) in [7, 11) is 0. The van der Waals surface area contributed by atoms with Gasteiger partial charge in [-0.2, -0.15) is 4.98 Å². The first-order valence-corrected chi connectivity index (χ1v) is 7.28. The van der Waals surface area contributed by atoms with Crippen LogP contribution >= 0.6 is 0 Å². The molecular weight excluding hydrogens is 258 g/mol. The summed E-state index contributed by atoms with van der Waals surface area (Å²) in [5, 5.41) is 12.7. The summed E-state index contributed by atoms with van der Waals surface area (Å²) in [5.74, 6) is 1.73. The Kier molecular flexibility index (Phi) is 5.11. The number of rotatable bonds is 7. The number of aromatic nitrogens is 2. The predicted molar refractivity (Wildman–Crippen MR) is 73.1 cm³/mol. The third kappa shape index (κ3) is 4.59. The SMILES string of the molecule is CC(C)Cc1noc(CN2CCC(CCC(=O)O)C2)n1. The van der Waals surface area contributed by atoms with Crippen molar-refractivity contribution in [3.63, 3.8) is 0 Å². The molecule has 1 aliphatic heterocycles. The molecule has 1 unspecified atom stereocenters. The highest BCUT2D eigenvalue weighted by molar-refractivity contribution is 5.66. The van der Waals surface area contributed by atoms with Crippen molar-refractivity contribution in [2.24, 2.45) is 11.8 Å². The van der Waals surface area contributed by atoms with Gasteiger partial charge in [-0.25, -0.2) is 0 Å². The van der Waals surface area contributed by atoms with Gasteiger partial charge in [-0.15, -0.1) is 0 Å². The van der Waals surface area contributed by atoms with Crippen LogP contribution in [0.15, 0.2) is 4.52 Å². The molecule has 1 fully saturated rings. The highest BCUT2D eigenvalue weighted by atomic mass is 16.5. The molecule has 1 aromatic rings. The Hall–Kier alpha value is -1.43.